The number of hydrogen-bond acceptors (Lipinski definition) is 4. The first-order valence-electron chi connectivity index (χ1n) is 11.8. The lowest BCUT2D eigenvalue weighted by molar-refractivity contribution is -0.137. The molecule has 3 aromatic rings. The van der Waals surface area contributed by atoms with E-state index in [2.05, 4.69) is 9.88 Å². The number of H-pyrrole nitrogens is 1. The van der Waals surface area contributed by atoms with E-state index in [1.54, 1.807) is 9.47 Å². The van der Waals surface area contributed by atoms with Gasteiger partial charge in [0.1, 0.15) is 0 Å². The number of benzene rings is 2. The third-order valence-corrected chi connectivity index (χ3v) is 6.90. The van der Waals surface area contributed by atoms with E-state index < -0.39 is 11.7 Å². The molecule has 0 spiro atoms. The number of nitrogens with one attached hydrogen (secondary N) is 1. The smallest absolute Gasteiger partial charge is 0.378 e. The zero-order valence-electron chi connectivity index (χ0n) is 19.2. The van der Waals surface area contributed by atoms with Crippen LogP contribution in [0.25, 0.3) is 11.0 Å². The Morgan fingerprint density at radius 1 is 1.00 bits per heavy atom. The highest BCUT2D eigenvalue weighted by atomic mass is 19.4. The number of amides is 1. The number of para-hydroxylation sites is 1. The van der Waals surface area contributed by atoms with Gasteiger partial charge in [0.2, 0.25) is 5.91 Å². The molecule has 7 nitrogen and oxygen atoms in total. The van der Waals surface area contributed by atoms with Gasteiger partial charge in [-0.15, -0.1) is 0 Å². The summed E-state index contributed by atoms with van der Waals surface area (Å²) in [5.41, 5.74) is 2.33. The summed E-state index contributed by atoms with van der Waals surface area (Å²) in [4.78, 5) is 32.7. The summed E-state index contributed by atoms with van der Waals surface area (Å²) >= 11 is 0. The van der Waals surface area contributed by atoms with E-state index >= 15 is 0 Å². The van der Waals surface area contributed by atoms with Gasteiger partial charge in [0.05, 0.1) is 41.9 Å². The third-order valence-electron chi connectivity index (χ3n) is 6.90. The number of anilines is 1. The first kappa shape index (κ1) is 23.5. The van der Waals surface area contributed by atoms with E-state index in [1.807, 2.05) is 18.2 Å². The van der Waals surface area contributed by atoms with Crippen molar-refractivity contribution in [1.29, 1.82) is 0 Å². The monoisotopic (exact) mass is 488 g/mol. The van der Waals surface area contributed by atoms with Crippen LogP contribution in [0.5, 0.6) is 0 Å². The van der Waals surface area contributed by atoms with Crippen LogP contribution in [-0.2, 0) is 22.1 Å². The normalized spacial score (nSPS) is 17.8. The van der Waals surface area contributed by atoms with Gasteiger partial charge in [0, 0.05) is 32.2 Å². The zero-order valence-corrected chi connectivity index (χ0v) is 19.2. The maximum Gasteiger partial charge on any atom is 0.416 e. The van der Waals surface area contributed by atoms with Crippen LogP contribution in [0.1, 0.15) is 30.0 Å². The fourth-order valence-electron chi connectivity index (χ4n) is 5.04. The molecule has 10 heteroatoms. The third kappa shape index (κ3) is 4.80. The molecular weight excluding hydrogens is 461 g/mol. The Morgan fingerprint density at radius 2 is 1.69 bits per heavy atom. The number of ether oxygens (including phenoxy) is 1. The maximum absolute atomic E-state index is 12.9. The van der Waals surface area contributed by atoms with Gasteiger partial charge in [-0.05, 0) is 42.7 Å². The first-order chi connectivity index (χ1) is 16.8. The molecule has 2 aromatic carbocycles. The number of imidazole rings is 1. The second-order valence-electron chi connectivity index (χ2n) is 9.05. The summed E-state index contributed by atoms with van der Waals surface area (Å²) in [6.07, 6.45) is -3.08. The van der Waals surface area contributed by atoms with Crippen molar-refractivity contribution < 1.29 is 22.7 Å². The molecule has 1 aromatic heterocycles. The summed E-state index contributed by atoms with van der Waals surface area (Å²) in [5.74, 6) is -0.121. The minimum Gasteiger partial charge on any atom is -0.378 e. The molecule has 0 unspecified atom stereocenters. The van der Waals surface area contributed by atoms with Gasteiger partial charge in [-0.1, -0.05) is 18.2 Å². The number of nitrogens with zero attached hydrogens (tertiary/aromatic N) is 3. The fourth-order valence-corrected chi connectivity index (χ4v) is 5.04. The van der Waals surface area contributed by atoms with Gasteiger partial charge in [0.15, 0.2) is 0 Å². The predicted octanol–water partition coefficient (Wildman–Crippen LogP) is 3.59. The Bertz CT molecular complexity index is 1250. The average molecular weight is 489 g/mol. The van der Waals surface area contributed by atoms with E-state index in [9.17, 15) is 22.8 Å². The molecule has 2 aliphatic heterocycles. The van der Waals surface area contributed by atoms with E-state index in [4.69, 9.17) is 4.74 Å². The zero-order chi connectivity index (χ0) is 24.6. The summed E-state index contributed by atoms with van der Waals surface area (Å²) in [6.45, 7) is 3.83. The molecule has 35 heavy (non-hydrogen) atoms. The van der Waals surface area contributed by atoms with Gasteiger partial charge in [-0.25, -0.2) is 4.79 Å². The van der Waals surface area contributed by atoms with E-state index in [1.165, 1.54) is 12.1 Å². The Hall–Kier alpha value is -3.27. The largest absolute Gasteiger partial charge is 0.416 e. The molecule has 1 N–H and O–H groups in total. The van der Waals surface area contributed by atoms with E-state index in [0.29, 0.717) is 44.7 Å². The minimum atomic E-state index is -4.39. The van der Waals surface area contributed by atoms with Crippen LogP contribution in [0.2, 0.25) is 0 Å². The number of likely N-dealkylation sites (tertiary alicyclic amines) is 1. The van der Waals surface area contributed by atoms with Gasteiger partial charge in [-0.2, -0.15) is 13.2 Å². The topological polar surface area (TPSA) is 70.6 Å². The van der Waals surface area contributed by atoms with Crippen LogP contribution in [0.4, 0.5) is 18.9 Å². The van der Waals surface area contributed by atoms with Gasteiger partial charge >= 0.3 is 11.9 Å². The number of hydrogen-bond donors (Lipinski definition) is 1. The van der Waals surface area contributed by atoms with Crippen LogP contribution in [0.15, 0.2) is 47.3 Å². The van der Waals surface area contributed by atoms with Gasteiger partial charge in [-0.3, -0.25) is 9.36 Å². The molecule has 5 rings (SSSR count). The summed E-state index contributed by atoms with van der Waals surface area (Å²) in [7, 11) is 0. The Morgan fingerprint density at radius 3 is 2.34 bits per heavy atom. The number of rotatable bonds is 4. The molecule has 0 atom stereocenters. The highest BCUT2D eigenvalue weighted by molar-refractivity contribution is 5.89. The molecule has 0 bridgehead atoms. The number of fused-ring (bicyclic) bond motifs is 1. The Kier molecular flexibility index (Phi) is 6.31. The van der Waals surface area contributed by atoms with Crippen molar-refractivity contribution in [2.24, 2.45) is 0 Å². The van der Waals surface area contributed by atoms with Crippen LogP contribution < -0.4 is 10.6 Å². The molecular formula is C25H27F3N4O3. The Labute approximate surface area is 200 Å². The molecule has 0 saturated carbocycles. The van der Waals surface area contributed by atoms with Crippen LogP contribution >= 0.6 is 0 Å². The van der Waals surface area contributed by atoms with Crippen molar-refractivity contribution in [2.45, 2.75) is 31.5 Å². The van der Waals surface area contributed by atoms with Gasteiger partial charge < -0.3 is 19.5 Å². The minimum absolute atomic E-state index is 0.0358. The molecule has 186 valence electrons. The quantitative estimate of drug-likeness (QED) is 0.610. The summed E-state index contributed by atoms with van der Waals surface area (Å²) in [6, 6.07) is 10.6. The standard InChI is InChI=1S/C25H27F3N4O3/c26-25(27,28)18-6-4-17(5-7-18)16-22(33)31-10-8-19(9-11-31)32-21-3-1-2-20(23(21)29-24(32)34)30-12-14-35-15-13-30/h1-7,19H,8-16H2,(H,29,34). The van der Waals surface area contributed by atoms with Crippen molar-refractivity contribution in [3.05, 3.63) is 64.1 Å². The molecule has 0 aliphatic carbocycles. The van der Waals surface area contributed by atoms with Crippen molar-refractivity contribution in [2.75, 3.05) is 44.3 Å². The van der Waals surface area contributed by atoms with Crippen molar-refractivity contribution >= 4 is 22.6 Å². The van der Waals surface area contributed by atoms with E-state index in [-0.39, 0.29) is 24.1 Å². The average Bonchev–Trinajstić information content (AvgIpc) is 3.20. The molecule has 1 amide bonds. The lowest BCUT2D eigenvalue weighted by Gasteiger charge is -2.33. The molecule has 0 radical (unpaired) electrons. The number of aromatic amines is 1. The molecule has 2 aliphatic rings. The van der Waals surface area contributed by atoms with Gasteiger partial charge in [0.25, 0.3) is 0 Å². The van der Waals surface area contributed by atoms with Crippen LogP contribution in [-0.4, -0.2) is 59.8 Å². The molecule has 2 saturated heterocycles. The second-order valence-corrected chi connectivity index (χ2v) is 9.05. The number of morpholine rings is 1. The highest BCUT2D eigenvalue weighted by Crippen LogP contribution is 2.31. The first-order valence-corrected chi connectivity index (χ1v) is 11.8. The molecule has 3 heterocycles. The fraction of sp³-hybridized carbons (Fsp3) is 0.440. The van der Waals surface area contributed by atoms with E-state index in [0.717, 1.165) is 41.9 Å². The van der Waals surface area contributed by atoms with Crippen LogP contribution in [0.3, 0.4) is 0 Å². The summed E-state index contributed by atoms with van der Waals surface area (Å²) < 4.78 is 45.5. The Balaban J connectivity index is 1.26. The molecule has 2 fully saturated rings. The van der Waals surface area contributed by atoms with Crippen LogP contribution in [0, 0.1) is 0 Å². The van der Waals surface area contributed by atoms with Crippen molar-refractivity contribution in [1.82, 2.24) is 14.5 Å². The van der Waals surface area contributed by atoms with Crippen molar-refractivity contribution in [3.8, 4) is 0 Å². The summed E-state index contributed by atoms with van der Waals surface area (Å²) in [5, 5.41) is 0. The number of carbonyl (C=O) groups is 1. The highest BCUT2D eigenvalue weighted by Gasteiger charge is 2.30. The SMILES string of the molecule is O=C(Cc1ccc(C(F)(F)F)cc1)N1CCC(n2c(=O)[nH]c3c(N4CCOCC4)cccc32)CC1. The number of carbonyl (C=O) groups excluding carboxylic acids is 1. The maximum atomic E-state index is 12.9. The number of halogens is 3. The number of aromatic nitrogens is 2. The number of alkyl halides is 3. The van der Waals surface area contributed by atoms with Crippen molar-refractivity contribution in [3.63, 3.8) is 0 Å². The number of piperidine rings is 1. The predicted molar refractivity (Wildman–Crippen MR) is 126 cm³/mol. The second kappa shape index (κ2) is 9.41. The lowest BCUT2D eigenvalue weighted by atomic mass is 10.0. The lowest BCUT2D eigenvalue weighted by Crippen LogP contribution is -2.41.